The van der Waals surface area contributed by atoms with E-state index >= 15 is 0 Å². The van der Waals surface area contributed by atoms with E-state index in [4.69, 9.17) is 26.3 Å². The zero-order chi connectivity index (χ0) is 13.1. The number of nitrogens with zero attached hydrogens (tertiary/aromatic N) is 1. The van der Waals surface area contributed by atoms with Crippen molar-refractivity contribution in [2.45, 2.75) is 0 Å². The van der Waals surface area contributed by atoms with Crippen molar-refractivity contribution in [2.24, 2.45) is 0 Å². The number of pyridine rings is 1. The van der Waals surface area contributed by atoms with Crippen LogP contribution in [0.15, 0.2) is 36.5 Å². The second-order valence-electron chi connectivity index (χ2n) is 3.42. The van der Waals surface area contributed by atoms with Gasteiger partial charge >= 0.3 is 7.32 Å². The van der Waals surface area contributed by atoms with Crippen LogP contribution in [0.5, 0.6) is 5.75 Å². The summed E-state index contributed by atoms with van der Waals surface area (Å²) in [4.78, 5) is 3.96. The molecule has 4 nitrogen and oxygen atoms in total. The fourth-order valence-corrected chi connectivity index (χ4v) is 1.65. The molecule has 18 heavy (non-hydrogen) atoms. The maximum Gasteiger partial charge on any atom is 0.707 e. The second-order valence-corrected chi connectivity index (χ2v) is 3.85. The maximum absolute atomic E-state index is 13.7. The van der Waals surface area contributed by atoms with E-state index in [0.29, 0.717) is 5.02 Å². The lowest BCUT2D eigenvalue weighted by Crippen LogP contribution is -2.21. The Morgan fingerprint density at radius 1 is 1.28 bits per heavy atom. The summed E-state index contributed by atoms with van der Waals surface area (Å²) in [5.74, 6) is -0.482. The van der Waals surface area contributed by atoms with E-state index in [1.54, 1.807) is 0 Å². The molecule has 0 spiro atoms. The van der Waals surface area contributed by atoms with Crippen molar-refractivity contribution in [1.29, 1.82) is 0 Å². The summed E-state index contributed by atoms with van der Waals surface area (Å²) in [5, 5.41) is 17.9. The van der Waals surface area contributed by atoms with Crippen LogP contribution in [0, 0.1) is 5.82 Å². The zero-order valence-corrected chi connectivity index (χ0v) is 9.80. The van der Waals surface area contributed by atoms with Gasteiger partial charge in [0, 0.05) is 16.8 Å². The van der Waals surface area contributed by atoms with Crippen molar-refractivity contribution in [3.8, 4) is 17.0 Å². The summed E-state index contributed by atoms with van der Waals surface area (Å²) in [7, 11) is -2.00. The van der Waals surface area contributed by atoms with Crippen molar-refractivity contribution in [1.82, 2.24) is 4.98 Å². The Labute approximate surface area is 108 Å². The van der Waals surface area contributed by atoms with Crippen LogP contribution in [0.1, 0.15) is 0 Å². The minimum atomic E-state index is -2.00. The Balaban J connectivity index is 2.53. The molecule has 1 heterocycles. The van der Waals surface area contributed by atoms with Crippen LogP contribution in [0.25, 0.3) is 11.3 Å². The Morgan fingerprint density at radius 3 is 2.78 bits per heavy atom. The summed E-state index contributed by atoms with van der Waals surface area (Å²) in [5.41, 5.74) is 0.268. The van der Waals surface area contributed by atoms with Crippen molar-refractivity contribution >= 4 is 18.9 Å². The van der Waals surface area contributed by atoms with Crippen LogP contribution >= 0.6 is 11.6 Å². The predicted molar refractivity (Wildman–Crippen MR) is 65.5 cm³/mol. The molecule has 2 N–H and O–H groups in total. The number of hydrogen-bond acceptors (Lipinski definition) is 4. The Bertz CT molecular complexity index is 568. The Kier molecular flexibility index (Phi) is 3.81. The topological polar surface area (TPSA) is 62.6 Å². The molecule has 0 bridgehead atoms. The molecule has 2 rings (SSSR count). The number of aromatic nitrogens is 1. The minimum Gasteiger partial charge on any atom is -0.510 e. The first-order chi connectivity index (χ1) is 8.58. The summed E-state index contributed by atoms with van der Waals surface area (Å²) in [6.07, 6.45) is 1.44. The lowest BCUT2D eigenvalue weighted by molar-refractivity contribution is 0.288. The van der Waals surface area contributed by atoms with E-state index in [1.807, 2.05) is 0 Å². The first-order valence-corrected chi connectivity index (χ1v) is 5.39. The second kappa shape index (κ2) is 5.35. The van der Waals surface area contributed by atoms with E-state index in [2.05, 4.69) is 4.98 Å². The van der Waals surface area contributed by atoms with Crippen LogP contribution in [0.3, 0.4) is 0 Å². The largest absolute Gasteiger partial charge is 0.707 e. The fraction of sp³-hybridized carbons (Fsp3) is 0. The number of rotatable bonds is 3. The molecule has 0 atom stereocenters. The van der Waals surface area contributed by atoms with E-state index < -0.39 is 13.1 Å². The van der Waals surface area contributed by atoms with Crippen molar-refractivity contribution < 1.29 is 19.1 Å². The third-order valence-electron chi connectivity index (χ3n) is 2.19. The highest BCUT2D eigenvalue weighted by atomic mass is 35.5. The van der Waals surface area contributed by atoms with Crippen molar-refractivity contribution in [3.05, 3.63) is 47.4 Å². The van der Waals surface area contributed by atoms with Crippen LogP contribution in [-0.4, -0.2) is 22.4 Å². The molecule has 1 aromatic heterocycles. The molecule has 7 heteroatoms. The summed E-state index contributed by atoms with van der Waals surface area (Å²) in [6, 6.07) is 6.97. The van der Waals surface area contributed by atoms with Gasteiger partial charge in [-0.3, -0.25) is 4.98 Å². The fourth-order valence-electron chi connectivity index (χ4n) is 1.48. The third kappa shape index (κ3) is 2.79. The van der Waals surface area contributed by atoms with Gasteiger partial charge in [0.05, 0.1) is 0 Å². The molecule has 0 unspecified atom stereocenters. The Hall–Kier alpha value is -1.63. The Morgan fingerprint density at radius 2 is 2.06 bits per heavy atom. The van der Waals surface area contributed by atoms with Crippen molar-refractivity contribution in [2.75, 3.05) is 0 Å². The van der Waals surface area contributed by atoms with E-state index in [9.17, 15) is 4.39 Å². The highest BCUT2D eigenvalue weighted by molar-refractivity contribution is 6.34. The number of halogens is 2. The van der Waals surface area contributed by atoms with Gasteiger partial charge in [0.2, 0.25) is 0 Å². The van der Waals surface area contributed by atoms with Crippen molar-refractivity contribution in [3.63, 3.8) is 0 Å². The average Bonchev–Trinajstić information content (AvgIpc) is 2.32. The van der Waals surface area contributed by atoms with Gasteiger partial charge in [0.15, 0.2) is 0 Å². The highest BCUT2D eigenvalue weighted by Gasteiger charge is 2.18. The first kappa shape index (κ1) is 12.8. The van der Waals surface area contributed by atoms with Gasteiger partial charge in [-0.15, -0.1) is 0 Å². The zero-order valence-electron chi connectivity index (χ0n) is 9.05. The molecule has 0 fully saturated rings. The molecule has 0 aliphatic rings. The average molecular weight is 267 g/mol. The quantitative estimate of drug-likeness (QED) is 0.834. The highest BCUT2D eigenvalue weighted by Crippen LogP contribution is 2.31. The SMILES string of the molecule is OB(O)Oc1cccnc1-c1cc(Cl)ccc1F. The molecular weight excluding hydrogens is 259 g/mol. The van der Waals surface area contributed by atoms with Gasteiger partial charge in [-0.25, -0.2) is 4.39 Å². The molecule has 0 saturated heterocycles. The molecule has 1 aromatic carbocycles. The third-order valence-corrected chi connectivity index (χ3v) is 2.42. The maximum atomic E-state index is 13.7. The lowest BCUT2D eigenvalue weighted by Gasteiger charge is -2.10. The van der Waals surface area contributed by atoms with Crippen LogP contribution in [0.2, 0.25) is 5.02 Å². The normalized spacial score (nSPS) is 10.2. The van der Waals surface area contributed by atoms with Crippen LogP contribution < -0.4 is 4.65 Å². The molecular formula is C11H8BClFNO3. The summed E-state index contributed by atoms with van der Waals surface area (Å²) >= 11 is 5.79. The van der Waals surface area contributed by atoms with E-state index in [0.717, 1.165) is 0 Å². The monoisotopic (exact) mass is 267 g/mol. The molecule has 92 valence electrons. The molecule has 0 radical (unpaired) electrons. The van der Waals surface area contributed by atoms with Crippen LogP contribution in [-0.2, 0) is 0 Å². The van der Waals surface area contributed by atoms with Crippen LogP contribution in [0.4, 0.5) is 4.39 Å². The summed E-state index contributed by atoms with van der Waals surface area (Å²) in [6.45, 7) is 0. The van der Waals surface area contributed by atoms with Gasteiger partial charge < -0.3 is 14.7 Å². The molecule has 0 aliphatic heterocycles. The van der Waals surface area contributed by atoms with Gasteiger partial charge in [-0.05, 0) is 30.3 Å². The van der Waals surface area contributed by atoms with E-state index in [-0.39, 0.29) is 17.0 Å². The standard InChI is InChI=1S/C11H8BClFNO3/c13-7-3-4-9(14)8(6-7)11-10(18-12(16)17)2-1-5-15-11/h1-6,16-17H. The van der Waals surface area contributed by atoms with Gasteiger partial charge in [-0.1, -0.05) is 11.6 Å². The molecule has 0 amide bonds. The predicted octanol–water partition coefficient (Wildman–Crippen LogP) is 1.89. The molecule has 0 aliphatic carbocycles. The molecule has 2 aromatic rings. The number of hydrogen-bond donors (Lipinski definition) is 2. The summed E-state index contributed by atoms with van der Waals surface area (Å²) < 4.78 is 18.4. The lowest BCUT2D eigenvalue weighted by atomic mass is 10.1. The van der Waals surface area contributed by atoms with Gasteiger partial charge in [0.25, 0.3) is 0 Å². The minimum absolute atomic E-state index is 0.0497. The van der Waals surface area contributed by atoms with Gasteiger partial charge in [-0.2, -0.15) is 0 Å². The number of benzene rings is 1. The molecule has 0 saturated carbocycles. The van der Waals surface area contributed by atoms with E-state index in [1.165, 1.54) is 36.5 Å². The van der Waals surface area contributed by atoms with Gasteiger partial charge in [0.1, 0.15) is 17.3 Å². The first-order valence-electron chi connectivity index (χ1n) is 5.01. The smallest absolute Gasteiger partial charge is 0.510 e.